The maximum Gasteiger partial charge on any atom is 0.306 e. The summed E-state index contributed by atoms with van der Waals surface area (Å²) in [5.41, 5.74) is 2.69. The molecule has 1 saturated heterocycles. The van der Waals surface area contributed by atoms with E-state index in [-0.39, 0.29) is 11.8 Å². The summed E-state index contributed by atoms with van der Waals surface area (Å²) in [5.74, 6) is -0.263. The number of nitrogens with zero attached hydrogens (tertiary/aromatic N) is 1. The monoisotopic (exact) mass is 390 g/mol. The Labute approximate surface area is 148 Å². The second-order valence-electron chi connectivity index (χ2n) is 7.13. The molecule has 0 bridgehead atoms. The zero-order chi connectivity index (χ0) is 17.0. The molecular formula is C18H19BrN2O3. The highest BCUT2D eigenvalue weighted by atomic mass is 79.9. The van der Waals surface area contributed by atoms with Crippen LogP contribution >= 0.6 is 15.9 Å². The molecule has 126 valence electrons. The zero-order valence-electron chi connectivity index (χ0n) is 13.4. The first-order valence-corrected chi connectivity index (χ1v) is 9.02. The van der Waals surface area contributed by atoms with E-state index < -0.39 is 5.97 Å². The van der Waals surface area contributed by atoms with Gasteiger partial charge in [0.1, 0.15) is 5.69 Å². The summed E-state index contributed by atoms with van der Waals surface area (Å²) in [5, 5.41) is 10.2. The Kier molecular flexibility index (Phi) is 3.67. The Hall–Kier alpha value is -1.82. The second-order valence-corrected chi connectivity index (χ2v) is 7.98. The first-order chi connectivity index (χ1) is 11.4. The van der Waals surface area contributed by atoms with Crippen LogP contribution in [0.3, 0.4) is 0 Å². The van der Waals surface area contributed by atoms with E-state index in [1.807, 2.05) is 30.0 Å². The maximum absolute atomic E-state index is 12.8. The van der Waals surface area contributed by atoms with Crippen LogP contribution in [0, 0.1) is 24.7 Å². The number of carboxylic acid groups (broad SMARTS) is 1. The smallest absolute Gasteiger partial charge is 0.306 e. The topological polar surface area (TPSA) is 73.4 Å². The van der Waals surface area contributed by atoms with E-state index in [1.54, 1.807) is 0 Å². The average Bonchev–Trinajstić information content (AvgIpc) is 3.17. The molecule has 0 spiro atoms. The van der Waals surface area contributed by atoms with Crippen molar-refractivity contribution in [1.29, 1.82) is 0 Å². The molecule has 24 heavy (non-hydrogen) atoms. The van der Waals surface area contributed by atoms with Crippen LogP contribution in [0.25, 0.3) is 10.9 Å². The van der Waals surface area contributed by atoms with E-state index in [4.69, 9.17) is 5.11 Å². The number of likely N-dealkylation sites (tertiary alicyclic amines) is 1. The summed E-state index contributed by atoms with van der Waals surface area (Å²) in [7, 11) is 0. The Morgan fingerprint density at radius 1 is 1.21 bits per heavy atom. The number of carboxylic acids is 1. The molecule has 1 amide bonds. The number of nitrogens with one attached hydrogen (secondary N) is 1. The van der Waals surface area contributed by atoms with Gasteiger partial charge < -0.3 is 15.0 Å². The van der Waals surface area contributed by atoms with Gasteiger partial charge in [0.15, 0.2) is 0 Å². The Morgan fingerprint density at radius 3 is 2.50 bits per heavy atom. The lowest BCUT2D eigenvalue weighted by atomic mass is 10.0. The number of hydrogen-bond acceptors (Lipinski definition) is 2. The van der Waals surface area contributed by atoms with Crippen LogP contribution in [0.15, 0.2) is 22.7 Å². The number of carbonyl (C=O) groups is 2. The molecule has 2 fully saturated rings. The van der Waals surface area contributed by atoms with Gasteiger partial charge in [0.25, 0.3) is 5.91 Å². The molecule has 6 heteroatoms. The molecule has 1 unspecified atom stereocenters. The molecule has 2 N–H and O–H groups in total. The van der Waals surface area contributed by atoms with Crippen LogP contribution < -0.4 is 0 Å². The van der Waals surface area contributed by atoms with Crippen molar-refractivity contribution in [3.05, 3.63) is 33.9 Å². The van der Waals surface area contributed by atoms with Crippen molar-refractivity contribution in [3.8, 4) is 0 Å². The number of amides is 1. The fourth-order valence-electron chi connectivity index (χ4n) is 4.28. The molecule has 4 rings (SSSR count). The largest absolute Gasteiger partial charge is 0.481 e. The van der Waals surface area contributed by atoms with Gasteiger partial charge in [-0.15, -0.1) is 0 Å². The summed E-state index contributed by atoms with van der Waals surface area (Å²) < 4.78 is 0.982. The van der Waals surface area contributed by atoms with Crippen molar-refractivity contribution in [2.45, 2.75) is 19.8 Å². The van der Waals surface area contributed by atoms with E-state index in [0.717, 1.165) is 20.9 Å². The van der Waals surface area contributed by atoms with Crippen molar-refractivity contribution in [1.82, 2.24) is 9.88 Å². The number of aromatic nitrogens is 1. The van der Waals surface area contributed by atoms with Gasteiger partial charge in [0.05, 0.1) is 5.92 Å². The summed E-state index contributed by atoms with van der Waals surface area (Å²) >= 11 is 3.55. The van der Waals surface area contributed by atoms with Gasteiger partial charge >= 0.3 is 5.97 Å². The number of aromatic amines is 1. The molecule has 1 saturated carbocycles. The van der Waals surface area contributed by atoms with Gasteiger partial charge in [0, 0.05) is 28.5 Å². The van der Waals surface area contributed by atoms with E-state index in [9.17, 15) is 9.59 Å². The van der Waals surface area contributed by atoms with Gasteiger partial charge in [-0.2, -0.15) is 0 Å². The quantitative estimate of drug-likeness (QED) is 0.824. The Bertz CT molecular complexity index is 830. The first-order valence-electron chi connectivity index (χ1n) is 8.23. The summed E-state index contributed by atoms with van der Waals surface area (Å²) in [6.45, 7) is 3.36. The van der Waals surface area contributed by atoms with Gasteiger partial charge in [0.2, 0.25) is 0 Å². The third-order valence-electron chi connectivity index (χ3n) is 5.45. The van der Waals surface area contributed by atoms with E-state index in [2.05, 4.69) is 20.9 Å². The molecule has 0 radical (unpaired) electrons. The number of benzene rings is 1. The van der Waals surface area contributed by atoms with Crippen molar-refractivity contribution in [3.63, 3.8) is 0 Å². The van der Waals surface area contributed by atoms with Crippen molar-refractivity contribution >= 4 is 38.7 Å². The number of hydrogen-bond donors (Lipinski definition) is 2. The Morgan fingerprint density at radius 2 is 1.88 bits per heavy atom. The summed E-state index contributed by atoms with van der Waals surface area (Å²) in [6.07, 6.45) is 1.39. The number of rotatable bonds is 2. The van der Waals surface area contributed by atoms with E-state index in [0.29, 0.717) is 43.5 Å². The molecule has 1 aliphatic carbocycles. The van der Waals surface area contributed by atoms with Gasteiger partial charge in [-0.25, -0.2) is 0 Å². The Balaban J connectivity index is 1.54. The van der Waals surface area contributed by atoms with Crippen LogP contribution in [0.5, 0.6) is 0 Å². The first kappa shape index (κ1) is 15.7. The summed E-state index contributed by atoms with van der Waals surface area (Å²) in [6, 6.07) is 5.97. The van der Waals surface area contributed by atoms with Crippen LogP contribution in [-0.2, 0) is 4.79 Å². The maximum atomic E-state index is 12.8. The van der Waals surface area contributed by atoms with Gasteiger partial charge in [-0.05, 0) is 55.4 Å². The molecule has 1 aliphatic heterocycles. The number of aliphatic carboxylic acids is 1. The normalized spacial score (nSPS) is 26.1. The van der Waals surface area contributed by atoms with Gasteiger partial charge in [-0.3, -0.25) is 9.59 Å². The molecule has 2 heterocycles. The SMILES string of the molecule is Cc1cc(Br)c2cc(C(=O)N3C[C@H]4CC(C(=O)O)C[C@H]4C3)[nH]c2c1. The molecule has 5 nitrogen and oxygen atoms in total. The zero-order valence-corrected chi connectivity index (χ0v) is 15.0. The predicted octanol–water partition coefficient (Wildman–Crippen LogP) is 3.42. The van der Waals surface area contributed by atoms with E-state index in [1.165, 1.54) is 0 Å². The van der Waals surface area contributed by atoms with Crippen LogP contribution in [-0.4, -0.2) is 40.0 Å². The minimum Gasteiger partial charge on any atom is -0.481 e. The highest BCUT2D eigenvalue weighted by Crippen LogP contribution is 2.42. The minimum absolute atomic E-state index is 0.0111. The lowest BCUT2D eigenvalue weighted by molar-refractivity contribution is -0.141. The molecule has 1 aromatic heterocycles. The highest BCUT2D eigenvalue weighted by Gasteiger charge is 2.44. The number of carbonyl (C=O) groups excluding carboxylic acids is 1. The minimum atomic E-state index is -0.696. The number of fused-ring (bicyclic) bond motifs is 2. The second kappa shape index (κ2) is 5.62. The van der Waals surface area contributed by atoms with Crippen molar-refractivity contribution in [2.24, 2.45) is 17.8 Å². The fraction of sp³-hybridized carbons (Fsp3) is 0.444. The van der Waals surface area contributed by atoms with Crippen molar-refractivity contribution < 1.29 is 14.7 Å². The predicted molar refractivity (Wildman–Crippen MR) is 94.0 cm³/mol. The van der Waals surface area contributed by atoms with Crippen molar-refractivity contribution in [2.75, 3.05) is 13.1 Å². The van der Waals surface area contributed by atoms with Gasteiger partial charge in [-0.1, -0.05) is 15.9 Å². The standard InChI is InChI=1S/C18H19BrN2O3/c1-9-2-14(19)13-6-16(20-15(13)3-9)17(22)21-7-11-4-10(18(23)24)5-12(11)8-21/h2-3,6,10-12,20H,4-5,7-8H2,1H3,(H,23,24)/t10?,11-,12+. The lowest BCUT2D eigenvalue weighted by Crippen LogP contribution is -2.30. The lowest BCUT2D eigenvalue weighted by Gasteiger charge is -2.17. The number of aryl methyl sites for hydroxylation is 1. The molecular weight excluding hydrogens is 372 g/mol. The van der Waals surface area contributed by atoms with Crippen LogP contribution in [0.2, 0.25) is 0 Å². The third kappa shape index (κ3) is 2.53. The molecule has 1 aromatic carbocycles. The molecule has 3 atom stereocenters. The average molecular weight is 391 g/mol. The molecule has 2 aliphatic rings. The molecule has 2 aromatic rings. The number of halogens is 1. The fourth-order valence-corrected chi connectivity index (χ4v) is 4.97. The number of H-pyrrole nitrogens is 1. The van der Waals surface area contributed by atoms with Crippen LogP contribution in [0.4, 0.5) is 0 Å². The van der Waals surface area contributed by atoms with Crippen LogP contribution in [0.1, 0.15) is 28.9 Å². The summed E-state index contributed by atoms with van der Waals surface area (Å²) in [4.78, 5) is 29.1. The third-order valence-corrected chi connectivity index (χ3v) is 6.11. The van der Waals surface area contributed by atoms with E-state index >= 15 is 0 Å². The highest BCUT2D eigenvalue weighted by molar-refractivity contribution is 9.10.